The third-order valence-corrected chi connectivity index (χ3v) is 7.59. The minimum Gasteiger partial charge on any atom is -0.465 e. The van der Waals surface area contributed by atoms with Crippen molar-refractivity contribution >= 4 is 27.6 Å². The Labute approximate surface area is 195 Å². The molecule has 3 rings (SSSR count). The maximum Gasteiger partial charge on any atom is 0.337 e. The Hall–Kier alpha value is -2.91. The van der Waals surface area contributed by atoms with Crippen molar-refractivity contribution in [2.75, 3.05) is 49.9 Å². The van der Waals surface area contributed by atoms with Crippen LogP contribution in [0, 0.1) is 0 Å². The van der Waals surface area contributed by atoms with E-state index in [2.05, 4.69) is 4.90 Å². The highest BCUT2D eigenvalue weighted by Gasteiger charge is 2.24. The van der Waals surface area contributed by atoms with E-state index in [0.717, 1.165) is 18.7 Å². The number of methoxy groups -OCH3 is 1. The fourth-order valence-corrected chi connectivity index (χ4v) is 5.34. The van der Waals surface area contributed by atoms with E-state index in [1.807, 2.05) is 23.1 Å². The van der Waals surface area contributed by atoms with Crippen molar-refractivity contribution in [3.63, 3.8) is 0 Å². The van der Waals surface area contributed by atoms with Gasteiger partial charge in [0.25, 0.3) is 0 Å². The Balaban J connectivity index is 1.66. The van der Waals surface area contributed by atoms with Crippen LogP contribution in [0.25, 0.3) is 0 Å². The van der Waals surface area contributed by atoms with Gasteiger partial charge in [-0.05, 0) is 42.8 Å². The van der Waals surface area contributed by atoms with Gasteiger partial charge in [-0.2, -0.15) is 0 Å². The number of anilines is 1. The number of hydrogen-bond acceptors (Lipinski definition) is 6. The maximum absolute atomic E-state index is 13.3. The molecule has 0 atom stereocenters. The van der Waals surface area contributed by atoms with Gasteiger partial charge in [-0.25, -0.2) is 13.2 Å². The molecule has 1 aliphatic heterocycles. The number of rotatable bonds is 9. The second-order valence-electron chi connectivity index (χ2n) is 8.05. The van der Waals surface area contributed by atoms with E-state index >= 15 is 0 Å². The average molecular weight is 474 g/mol. The summed E-state index contributed by atoms with van der Waals surface area (Å²) in [5.74, 6) is -0.330. The molecule has 9 heteroatoms. The molecule has 2 aromatic rings. The molecule has 0 saturated carbocycles. The lowest BCUT2D eigenvalue weighted by Crippen LogP contribution is -2.48. The van der Waals surface area contributed by atoms with Gasteiger partial charge >= 0.3 is 5.97 Å². The van der Waals surface area contributed by atoms with Crippen LogP contribution >= 0.6 is 0 Å². The lowest BCUT2D eigenvalue weighted by atomic mass is 10.1. The van der Waals surface area contributed by atoms with Crippen LogP contribution in [0.1, 0.15) is 29.3 Å². The van der Waals surface area contributed by atoms with Gasteiger partial charge in [0.1, 0.15) is 0 Å². The highest BCUT2D eigenvalue weighted by atomic mass is 32.2. The highest BCUT2D eigenvalue weighted by Crippen LogP contribution is 2.22. The number of benzene rings is 2. The molecular formula is C24H31N3O5S. The first kappa shape index (κ1) is 24.7. The van der Waals surface area contributed by atoms with Crippen LogP contribution in [-0.2, 0) is 26.1 Å². The summed E-state index contributed by atoms with van der Waals surface area (Å²) in [4.78, 5) is 27.2. The van der Waals surface area contributed by atoms with Gasteiger partial charge in [0, 0.05) is 33.1 Å². The summed E-state index contributed by atoms with van der Waals surface area (Å²) >= 11 is 0. The van der Waals surface area contributed by atoms with Crippen molar-refractivity contribution in [2.24, 2.45) is 0 Å². The number of carbonyl (C=O) groups is 2. The summed E-state index contributed by atoms with van der Waals surface area (Å²) in [5.41, 5.74) is 1.79. The van der Waals surface area contributed by atoms with E-state index in [9.17, 15) is 18.0 Å². The summed E-state index contributed by atoms with van der Waals surface area (Å²) in [6, 6.07) is 15.8. The molecule has 178 valence electrons. The third-order valence-electron chi connectivity index (χ3n) is 5.78. The number of hydrogen-bond donors (Lipinski definition) is 0. The smallest absolute Gasteiger partial charge is 0.337 e. The summed E-state index contributed by atoms with van der Waals surface area (Å²) in [6.45, 7) is 5.29. The fraction of sp³-hybridized carbons (Fsp3) is 0.417. The molecule has 0 spiro atoms. The summed E-state index contributed by atoms with van der Waals surface area (Å²) in [7, 11) is -2.26. The first-order valence-electron chi connectivity index (χ1n) is 11.0. The van der Waals surface area contributed by atoms with Gasteiger partial charge < -0.3 is 9.64 Å². The van der Waals surface area contributed by atoms with Crippen molar-refractivity contribution in [1.82, 2.24) is 9.80 Å². The monoisotopic (exact) mass is 473 g/mol. The van der Waals surface area contributed by atoms with Gasteiger partial charge in [0.05, 0.1) is 30.7 Å². The Bertz CT molecular complexity index is 1030. The van der Waals surface area contributed by atoms with Crippen LogP contribution in [0.15, 0.2) is 54.6 Å². The van der Waals surface area contributed by atoms with E-state index in [1.165, 1.54) is 11.4 Å². The molecule has 1 saturated heterocycles. The fourth-order valence-electron chi connectivity index (χ4n) is 3.84. The van der Waals surface area contributed by atoms with Gasteiger partial charge in [0.15, 0.2) is 0 Å². The lowest BCUT2D eigenvalue weighted by molar-refractivity contribution is -0.130. The first-order valence-corrected chi connectivity index (χ1v) is 12.6. The zero-order valence-corrected chi connectivity index (χ0v) is 20.0. The molecule has 1 aliphatic rings. The molecule has 0 unspecified atom stereocenters. The average Bonchev–Trinajstić information content (AvgIpc) is 2.83. The molecule has 1 amide bonds. The molecule has 0 aliphatic carbocycles. The molecular weight excluding hydrogens is 442 g/mol. The maximum atomic E-state index is 13.3. The molecule has 1 heterocycles. The summed E-state index contributed by atoms with van der Waals surface area (Å²) < 4.78 is 32.8. The number of piperazine rings is 1. The molecule has 33 heavy (non-hydrogen) atoms. The molecule has 0 aromatic heterocycles. The zero-order valence-electron chi connectivity index (χ0n) is 19.1. The van der Waals surface area contributed by atoms with Crippen LogP contribution in [0.3, 0.4) is 0 Å². The topological polar surface area (TPSA) is 87.2 Å². The number of carbonyl (C=O) groups excluding carboxylic acids is 2. The normalized spacial score (nSPS) is 14.7. The predicted octanol–water partition coefficient (Wildman–Crippen LogP) is 2.36. The second kappa shape index (κ2) is 11.3. The van der Waals surface area contributed by atoms with Crippen LogP contribution in [0.2, 0.25) is 0 Å². The minimum atomic E-state index is -3.58. The van der Waals surface area contributed by atoms with Crippen LogP contribution in [-0.4, -0.2) is 75.7 Å². The predicted molar refractivity (Wildman–Crippen MR) is 128 cm³/mol. The van der Waals surface area contributed by atoms with Crippen LogP contribution in [0.4, 0.5) is 5.69 Å². The van der Waals surface area contributed by atoms with Crippen LogP contribution < -0.4 is 4.31 Å². The van der Waals surface area contributed by atoms with Crippen molar-refractivity contribution in [2.45, 2.75) is 19.9 Å². The number of nitrogens with zero attached hydrogens (tertiary/aromatic N) is 3. The standard InChI is InChI=1S/C24H31N3O5S/c1-20(28)26-16-14-25(15-17-26)13-6-18-33(30,31)27(23-7-4-3-5-8-23)19-21-9-11-22(12-10-21)24(29)32-2/h3-5,7-12H,6,13-19H2,1-2H3. The summed E-state index contributed by atoms with van der Waals surface area (Å²) in [6.07, 6.45) is 0.507. The molecule has 0 bridgehead atoms. The quantitative estimate of drug-likeness (QED) is 0.520. The zero-order chi connectivity index (χ0) is 23.8. The van der Waals surface area contributed by atoms with Crippen molar-refractivity contribution in [1.29, 1.82) is 0 Å². The number of para-hydroxylation sites is 1. The molecule has 0 N–H and O–H groups in total. The molecule has 8 nitrogen and oxygen atoms in total. The van der Waals surface area contributed by atoms with Crippen molar-refractivity contribution in [3.8, 4) is 0 Å². The number of ether oxygens (including phenoxy) is 1. The lowest BCUT2D eigenvalue weighted by Gasteiger charge is -2.34. The molecule has 0 radical (unpaired) electrons. The van der Waals surface area contributed by atoms with Crippen LogP contribution in [0.5, 0.6) is 0 Å². The Morgan fingerprint density at radius 1 is 0.970 bits per heavy atom. The van der Waals surface area contributed by atoms with Gasteiger partial charge in [-0.3, -0.25) is 14.0 Å². The van der Waals surface area contributed by atoms with Gasteiger partial charge in [-0.15, -0.1) is 0 Å². The number of amides is 1. The van der Waals surface area contributed by atoms with E-state index < -0.39 is 16.0 Å². The second-order valence-corrected chi connectivity index (χ2v) is 10.1. The Kier molecular flexibility index (Phi) is 8.46. The van der Waals surface area contributed by atoms with E-state index in [-0.39, 0.29) is 18.2 Å². The van der Waals surface area contributed by atoms with E-state index in [0.29, 0.717) is 37.3 Å². The number of esters is 1. The Morgan fingerprint density at radius 3 is 2.18 bits per heavy atom. The van der Waals surface area contributed by atoms with E-state index in [1.54, 1.807) is 43.3 Å². The van der Waals surface area contributed by atoms with Gasteiger partial charge in [0.2, 0.25) is 15.9 Å². The highest BCUT2D eigenvalue weighted by molar-refractivity contribution is 7.92. The molecule has 2 aromatic carbocycles. The SMILES string of the molecule is COC(=O)c1ccc(CN(c2ccccc2)S(=O)(=O)CCCN2CCN(C(C)=O)CC2)cc1. The summed E-state index contributed by atoms with van der Waals surface area (Å²) in [5, 5.41) is 0. The molecule has 1 fully saturated rings. The van der Waals surface area contributed by atoms with Gasteiger partial charge in [-0.1, -0.05) is 30.3 Å². The largest absolute Gasteiger partial charge is 0.465 e. The third kappa shape index (κ3) is 6.79. The Morgan fingerprint density at radius 2 is 1.61 bits per heavy atom. The van der Waals surface area contributed by atoms with E-state index in [4.69, 9.17) is 4.74 Å². The van der Waals surface area contributed by atoms with Crippen molar-refractivity contribution in [3.05, 3.63) is 65.7 Å². The first-order chi connectivity index (χ1) is 15.8. The minimum absolute atomic E-state index is 0.0229. The van der Waals surface area contributed by atoms with Crippen molar-refractivity contribution < 1.29 is 22.7 Å². The number of sulfonamides is 1.